The number of aromatic nitrogens is 1. The van der Waals surface area contributed by atoms with Gasteiger partial charge in [0, 0.05) is 19.0 Å². The SMILES string of the molecule is CO[C@]12CC[C@@H](O)C[C@H]1N(C(=O)Cc1noc3ccccc13)CC2. The number of ether oxygens (including phenoxy) is 1. The minimum Gasteiger partial charge on any atom is -0.393 e. The summed E-state index contributed by atoms with van der Waals surface area (Å²) in [6.07, 6.45) is 2.79. The number of aliphatic hydroxyl groups is 1. The minimum absolute atomic E-state index is 0.0204. The number of carbonyl (C=O) groups excluding carboxylic acids is 1. The fourth-order valence-electron chi connectivity index (χ4n) is 4.29. The third-order valence-corrected chi connectivity index (χ3v) is 5.65. The molecule has 0 bridgehead atoms. The molecule has 128 valence electrons. The first kappa shape index (κ1) is 15.6. The van der Waals surface area contributed by atoms with Crippen molar-refractivity contribution in [2.45, 2.75) is 49.9 Å². The first-order valence-corrected chi connectivity index (χ1v) is 8.49. The second-order valence-corrected chi connectivity index (χ2v) is 6.85. The third kappa shape index (κ3) is 2.41. The van der Waals surface area contributed by atoms with Gasteiger partial charge in [0.05, 0.1) is 24.2 Å². The highest BCUT2D eigenvalue weighted by molar-refractivity contribution is 5.86. The third-order valence-electron chi connectivity index (χ3n) is 5.65. The number of hydrogen-bond acceptors (Lipinski definition) is 5. The number of rotatable bonds is 3. The molecule has 1 amide bonds. The Kier molecular flexibility index (Phi) is 3.81. The first-order valence-electron chi connectivity index (χ1n) is 8.49. The zero-order valence-electron chi connectivity index (χ0n) is 13.8. The van der Waals surface area contributed by atoms with Gasteiger partial charge in [-0.05, 0) is 37.8 Å². The van der Waals surface area contributed by atoms with Gasteiger partial charge in [0.1, 0.15) is 5.69 Å². The summed E-state index contributed by atoms with van der Waals surface area (Å²) in [6, 6.07) is 7.51. The molecule has 0 radical (unpaired) electrons. The molecule has 0 spiro atoms. The number of para-hydroxylation sites is 1. The lowest BCUT2D eigenvalue weighted by molar-refractivity contribution is -0.139. The summed E-state index contributed by atoms with van der Waals surface area (Å²) >= 11 is 0. The summed E-state index contributed by atoms with van der Waals surface area (Å²) in [6.45, 7) is 0.667. The molecular formula is C18H22N2O4. The molecule has 6 nitrogen and oxygen atoms in total. The predicted molar refractivity (Wildman–Crippen MR) is 87.4 cm³/mol. The number of methoxy groups -OCH3 is 1. The van der Waals surface area contributed by atoms with Gasteiger partial charge in [0.2, 0.25) is 5.91 Å². The Hall–Kier alpha value is -1.92. The van der Waals surface area contributed by atoms with Crippen molar-refractivity contribution in [3.8, 4) is 0 Å². The second-order valence-electron chi connectivity index (χ2n) is 6.85. The quantitative estimate of drug-likeness (QED) is 0.930. The van der Waals surface area contributed by atoms with Crippen molar-refractivity contribution in [2.75, 3.05) is 13.7 Å². The van der Waals surface area contributed by atoms with Crippen molar-refractivity contribution in [1.82, 2.24) is 10.1 Å². The molecule has 2 heterocycles. The van der Waals surface area contributed by atoms with Crippen molar-refractivity contribution < 1.29 is 19.2 Å². The Morgan fingerprint density at radius 1 is 1.46 bits per heavy atom. The number of hydrogen-bond donors (Lipinski definition) is 1. The molecule has 24 heavy (non-hydrogen) atoms. The number of amides is 1. The van der Waals surface area contributed by atoms with E-state index in [-0.39, 0.29) is 30.1 Å². The molecule has 0 unspecified atom stereocenters. The highest BCUT2D eigenvalue weighted by Crippen LogP contribution is 2.42. The lowest BCUT2D eigenvalue weighted by atomic mass is 9.79. The molecule has 1 N–H and O–H groups in total. The minimum atomic E-state index is -0.362. The van der Waals surface area contributed by atoms with Gasteiger partial charge in [-0.15, -0.1) is 0 Å². The number of likely N-dealkylation sites (tertiary alicyclic amines) is 1. The molecule has 2 aliphatic rings. The Bertz CT molecular complexity index is 758. The molecule has 2 aromatic rings. The number of fused-ring (bicyclic) bond motifs is 2. The van der Waals surface area contributed by atoms with E-state index in [1.807, 2.05) is 29.2 Å². The Morgan fingerprint density at radius 2 is 2.29 bits per heavy atom. The number of nitrogens with zero attached hydrogens (tertiary/aromatic N) is 2. The van der Waals surface area contributed by atoms with Crippen molar-refractivity contribution in [2.24, 2.45) is 0 Å². The van der Waals surface area contributed by atoms with Gasteiger partial charge in [0.25, 0.3) is 0 Å². The fourth-order valence-corrected chi connectivity index (χ4v) is 4.29. The van der Waals surface area contributed by atoms with Gasteiger partial charge < -0.3 is 19.3 Å². The van der Waals surface area contributed by atoms with E-state index in [9.17, 15) is 9.90 Å². The molecular weight excluding hydrogens is 308 g/mol. The van der Waals surface area contributed by atoms with Crippen LogP contribution < -0.4 is 0 Å². The Balaban J connectivity index is 1.56. The highest BCUT2D eigenvalue weighted by atomic mass is 16.5. The van der Waals surface area contributed by atoms with Crippen LogP contribution in [0.15, 0.2) is 28.8 Å². The maximum Gasteiger partial charge on any atom is 0.229 e. The predicted octanol–water partition coefficient (Wildman–Crippen LogP) is 1.90. The molecule has 1 aromatic carbocycles. The average Bonchev–Trinajstić information content (AvgIpc) is 3.17. The van der Waals surface area contributed by atoms with E-state index in [0.29, 0.717) is 24.2 Å². The molecule has 2 fully saturated rings. The zero-order valence-corrected chi connectivity index (χ0v) is 13.8. The molecule has 4 rings (SSSR count). The molecule has 1 aliphatic carbocycles. The smallest absolute Gasteiger partial charge is 0.229 e. The molecule has 1 aromatic heterocycles. The molecule has 1 saturated carbocycles. The van der Waals surface area contributed by atoms with E-state index < -0.39 is 0 Å². The fraction of sp³-hybridized carbons (Fsp3) is 0.556. The van der Waals surface area contributed by atoms with Crippen LogP contribution in [0.5, 0.6) is 0 Å². The maximum absolute atomic E-state index is 12.9. The second kappa shape index (κ2) is 5.86. The van der Waals surface area contributed by atoms with E-state index in [2.05, 4.69) is 5.16 Å². The summed E-state index contributed by atoms with van der Waals surface area (Å²) in [5.41, 5.74) is 1.06. The van der Waals surface area contributed by atoms with Crippen LogP contribution in [0.4, 0.5) is 0 Å². The lowest BCUT2D eigenvalue weighted by Crippen LogP contribution is -2.53. The van der Waals surface area contributed by atoms with Crippen molar-refractivity contribution in [1.29, 1.82) is 0 Å². The van der Waals surface area contributed by atoms with Crippen molar-refractivity contribution in [3.63, 3.8) is 0 Å². The van der Waals surface area contributed by atoms with Crippen molar-refractivity contribution in [3.05, 3.63) is 30.0 Å². The van der Waals surface area contributed by atoms with Gasteiger partial charge in [-0.3, -0.25) is 4.79 Å². The molecule has 3 atom stereocenters. The largest absolute Gasteiger partial charge is 0.393 e. The summed E-state index contributed by atoms with van der Waals surface area (Å²) < 4.78 is 11.1. The number of benzene rings is 1. The van der Waals surface area contributed by atoms with Crippen LogP contribution in [0, 0.1) is 0 Å². The Labute approximate surface area is 140 Å². The van der Waals surface area contributed by atoms with E-state index in [4.69, 9.17) is 9.26 Å². The highest BCUT2D eigenvalue weighted by Gasteiger charge is 2.52. The van der Waals surface area contributed by atoms with Crippen LogP contribution in [0.3, 0.4) is 0 Å². The van der Waals surface area contributed by atoms with Crippen LogP contribution in [-0.2, 0) is 16.0 Å². The molecule has 6 heteroatoms. The summed E-state index contributed by atoms with van der Waals surface area (Å²) in [5.74, 6) is 0.0204. The summed E-state index contributed by atoms with van der Waals surface area (Å²) in [7, 11) is 1.71. The van der Waals surface area contributed by atoms with Crippen LogP contribution in [0.2, 0.25) is 0 Å². The number of carbonyl (C=O) groups is 1. The van der Waals surface area contributed by atoms with E-state index in [1.54, 1.807) is 7.11 Å². The molecule has 1 aliphatic heterocycles. The van der Waals surface area contributed by atoms with E-state index in [0.717, 1.165) is 24.6 Å². The number of aliphatic hydroxyl groups excluding tert-OH is 1. The van der Waals surface area contributed by atoms with E-state index in [1.165, 1.54) is 0 Å². The standard InChI is InChI=1S/C18H22N2O4/c1-23-18-7-6-12(21)10-16(18)20(9-8-18)17(22)11-14-13-4-2-3-5-15(13)24-19-14/h2-5,12,16,21H,6-11H2,1H3/t12-,16-,18+/m1/s1. The zero-order chi connectivity index (χ0) is 16.7. The van der Waals surface area contributed by atoms with Gasteiger partial charge in [-0.25, -0.2) is 0 Å². The summed E-state index contributed by atoms with van der Waals surface area (Å²) in [5, 5.41) is 15.0. The van der Waals surface area contributed by atoms with Crippen LogP contribution in [0.25, 0.3) is 11.0 Å². The normalized spacial score (nSPS) is 29.8. The van der Waals surface area contributed by atoms with Crippen LogP contribution in [-0.4, -0.2) is 52.5 Å². The van der Waals surface area contributed by atoms with Gasteiger partial charge in [0.15, 0.2) is 5.58 Å². The van der Waals surface area contributed by atoms with Gasteiger partial charge in [-0.2, -0.15) is 0 Å². The maximum atomic E-state index is 12.9. The summed E-state index contributed by atoms with van der Waals surface area (Å²) in [4.78, 5) is 14.8. The Morgan fingerprint density at radius 3 is 3.12 bits per heavy atom. The van der Waals surface area contributed by atoms with Gasteiger partial charge in [-0.1, -0.05) is 17.3 Å². The van der Waals surface area contributed by atoms with E-state index >= 15 is 0 Å². The molecule has 1 saturated heterocycles. The van der Waals surface area contributed by atoms with Crippen molar-refractivity contribution >= 4 is 16.9 Å². The van der Waals surface area contributed by atoms with Gasteiger partial charge >= 0.3 is 0 Å². The van der Waals surface area contributed by atoms with Crippen LogP contribution >= 0.6 is 0 Å². The van der Waals surface area contributed by atoms with Crippen LogP contribution in [0.1, 0.15) is 31.4 Å². The monoisotopic (exact) mass is 330 g/mol. The lowest BCUT2D eigenvalue weighted by Gasteiger charge is -2.42. The topological polar surface area (TPSA) is 75.8 Å². The first-order chi connectivity index (χ1) is 11.6. The average molecular weight is 330 g/mol.